The Morgan fingerprint density at radius 1 is 1.38 bits per heavy atom. The lowest BCUT2D eigenvalue weighted by Gasteiger charge is -2.08. The number of hydrogen-bond acceptors (Lipinski definition) is 4. The van der Waals surface area contributed by atoms with E-state index in [1.807, 2.05) is 5.32 Å². The molecule has 0 aromatic carbocycles. The van der Waals surface area contributed by atoms with Crippen molar-refractivity contribution in [3.63, 3.8) is 0 Å². The summed E-state index contributed by atoms with van der Waals surface area (Å²) in [5, 5.41) is 1.84. The summed E-state index contributed by atoms with van der Waals surface area (Å²) in [6.45, 7) is 0.0134. The Morgan fingerprint density at radius 3 is 2.38 bits per heavy atom. The minimum Gasteiger partial charge on any atom is -0.269 e. The van der Waals surface area contributed by atoms with Crippen LogP contribution in [0.5, 0.6) is 0 Å². The molecule has 1 aliphatic heterocycles. The normalized spacial score (nSPS) is 19.2. The number of carbonyl (C=O) groups is 3. The minimum absolute atomic E-state index is 0.0134. The van der Waals surface area contributed by atoms with E-state index in [1.54, 1.807) is 0 Å². The van der Waals surface area contributed by atoms with Gasteiger partial charge < -0.3 is 0 Å². The number of urea groups is 1. The van der Waals surface area contributed by atoms with Gasteiger partial charge in [-0.05, 0) is 0 Å². The Kier molecular flexibility index (Phi) is 2.76. The highest BCUT2D eigenvalue weighted by atomic mass is 32.2. The third-order valence-electron chi connectivity index (χ3n) is 1.51. The van der Waals surface area contributed by atoms with Crippen molar-refractivity contribution >= 4 is 28.6 Å². The summed E-state index contributed by atoms with van der Waals surface area (Å²) in [5.74, 6) is -1.62. The Hall–Kier alpha value is -1.24. The summed E-state index contributed by atoms with van der Waals surface area (Å²) in [6, 6.07) is -0.736. The molecule has 0 aliphatic carbocycles. The second kappa shape index (κ2) is 3.65. The van der Waals surface area contributed by atoms with Gasteiger partial charge in [-0.2, -0.15) is 0 Å². The molecule has 6 nitrogen and oxygen atoms in total. The predicted molar refractivity (Wildman–Crippen MR) is 44.2 cm³/mol. The quantitative estimate of drug-likeness (QED) is 0.445. The maximum atomic E-state index is 10.9. The third-order valence-corrected chi connectivity index (χ3v) is 2.26. The van der Waals surface area contributed by atoms with E-state index in [1.165, 1.54) is 6.26 Å². The lowest BCUT2D eigenvalue weighted by Crippen LogP contribution is -2.34. The van der Waals surface area contributed by atoms with E-state index in [4.69, 9.17) is 0 Å². The van der Waals surface area contributed by atoms with Gasteiger partial charge >= 0.3 is 17.8 Å². The molecule has 1 heterocycles. The third kappa shape index (κ3) is 2.11. The van der Waals surface area contributed by atoms with Gasteiger partial charge in [-0.15, -0.1) is 0 Å². The fourth-order valence-corrected chi connectivity index (χ4v) is 1.30. The van der Waals surface area contributed by atoms with Gasteiger partial charge in [0.15, 0.2) is 0 Å². The van der Waals surface area contributed by atoms with Gasteiger partial charge in [0, 0.05) is 29.4 Å². The number of nitrogens with one attached hydrogen (secondary N) is 1. The molecule has 0 bridgehead atoms. The van der Waals surface area contributed by atoms with E-state index < -0.39 is 28.6 Å². The van der Waals surface area contributed by atoms with Crippen molar-refractivity contribution in [2.75, 3.05) is 18.6 Å². The van der Waals surface area contributed by atoms with Crippen LogP contribution in [0.4, 0.5) is 4.79 Å². The molecule has 0 aromatic rings. The average Bonchev–Trinajstić information content (AvgIpc) is 2.24. The first-order chi connectivity index (χ1) is 6.02. The van der Waals surface area contributed by atoms with Crippen LogP contribution < -0.4 is 5.32 Å². The van der Waals surface area contributed by atoms with E-state index in [0.717, 1.165) is 4.90 Å². The maximum Gasteiger partial charge on any atom is 0.331 e. The van der Waals surface area contributed by atoms with Crippen LogP contribution in [0.15, 0.2) is 0 Å². The number of nitrogens with zero attached hydrogens (tertiary/aromatic N) is 1. The molecule has 0 spiro atoms. The largest absolute Gasteiger partial charge is 0.331 e. The number of imide groups is 2. The van der Waals surface area contributed by atoms with Gasteiger partial charge in [0.2, 0.25) is 0 Å². The summed E-state index contributed by atoms with van der Waals surface area (Å²) in [6.07, 6.45) is 1.46. The Bertz CT molecular complexity index is 301. The molecule has 0 radical (unpaired) electrons. The second-order valence-electron chi connectivity index (χ2n) is 2.49. The maximum absolute atomic E-state index is 10.9. The summed E-state index contributed by atoms with van der Waals surface area (Å²) in [5.41, 5.74) is 0. The molecular formula is C6H8N2O4S. The highest BCUT2D eigenvalue weighted by molar-refractivity contribution is 7.84. The lowest BCUT2D eigenvalue weighted by molar-refractivity contribution is -0.140. The van der Waals surface area contributed by atoms with Crippen LogP contribution in [-0.2, 0) is 20.4 Å². The molecule has 1 atom stereocenters. The summed E-state index contributed by atoms with van der Waals surface area (Å²) in [7, 11) is -1.09. The molecule has 1 fully saturated rings. The molecule has 0 aromatic heterocycles. The molecule has 1 saturated heterocycles. The van der Waals surface area contributed by atoms with Crippen molar-refractivity contribution in [3.8, 4) is 0 Å². The first-order valence-corrected chi connectivity index (χ1v) is 5.22. The fraction of sp³-hybridized carbons (Fsp3) is 0.500. The molecule has 4 amide bonds. The number of amides is 4. The van der Waals surface area contributed by atoms with Crippen molar-refractivity contribution in [1.29, 1.82) is 0 Å². The van der Waals surface area contributed by atoms with Crippen molar-refractivity contribution < 1.29 is 18.6 Å². The van der Waals surface area contributed by atoms with Crippen LogP contribution >= 0.6 is 0 Å². The van der Waals surface area contributed by atoms with Crippen LogP contribution in [0.2, 0.25) is 0 Å². The molecule has 1 aliphatic rings. The molecule has 1 rings (SSSR count). The molecule has 7 heteroatoms. The highest BCUT2D eigenvalue weighted by Crippen LogP contribution is 1.99. The van der Waals surface area contributed by atoms with Crippen molar-refractivity contribution in [1.82, 2.24) is 10.2 Å². The predicted octanol–water partition coefficient (Wildman–Crippen LogP) is -1.56. The van der Waals surface area contributed by atoms with E-state index in [-0.39, 0.29) is 12.3 Å². The zero-order valence-electron chi connectivity index (χ0n) is 6.90. The fourth-order valence-electron chi connectivity index (χ4n) is 0.856. The summed E-state index contributed by atoms with van der Waals surface area (Å²) >= 11 is 0. The van der Waals surface area contributed by atoms with Gasteiger partial charge in [0.1, 0.15) is 0 Å². The molecule has 72 valence electrons. The standard InChI is InChI=1S/C6H8N2O4S/c1-13(12)3-2-8-5(10)4(9)7-6(8)11/h2-3H2,1H3,(H,7,9,11). The highest BCUT2D eigenvalue weighted by Gasteiger charge is 2.36. The molecule has 13 heavy (non-hydrogen) atoms. The van der Waals surface area contributed by atoms with Crippen LogP contribution in [0, 0.1) is 0 Å². The van der Waals surface area contributed by atoms with E-state index in [2.05, 4.69) is 0 Å². The SMILES string of the molecule is CS(=O)CCN1C(=O)NC(=O)C1=O. The first kappa shape index (κ1) is 9.85. The van der Waals surface area contributed by atoms with E-state index in [9.17, 15) is 18.6 Å². The molecular weight excluding hydrogens is 196 g/mol. The van der Waals surface area contributed by atoms with Crippen LogP contribution in [0.25, 0.3) is 0 Å². The minimum atomic E-state index is -1.09. The summed E-state index contributed by atoms with van der Waals surface area (Å²) in [4.78, 5) is 33.2. The number of hydrogen-bond donors (Lipinski definition) is 1. The van der Waals surface area contributed by atoms with Crippen molar-refractivity contribution in [2.24, 2.45) is 0 Å². The van der Waals surface area contributed by atoms with Crippen molar-refractivity contribution in [3.05, 3.63) is 0 Å². The second-order valence-corrected chi connectivity index (χ2v) is 4.05. The monoisotopic (exact) mass is 204 g/mol. The number of carbonyl (C=O) groups excluding carboxylic acids is 3. The van der Waals surface area contributed by atoms with Gasteiger partial charge in [-0.25, -0.2) is 4.79 Å². The average molecular weight is 204 g/mol. The van der Waals surface area contributed by atoms with E-state index >= 15 is 0 Å². The topological polar surface area (TPSA) is 83.6 Å². The van der Waals surface area contributed by atoms with Gasteiger partial charge in [-0.1, -0.05) is 0 Å². The van der Waals surface area contributed by atoms with Gasteiger partial charge in [0.25, 0.3) is 0 Å². The lowest BCUT2D eigenvalue weighted by atomic mass is 10.5. The van der Waals surface area contributed by atoms with E-state index in [0.29, 0.717) is 0 Å². The number of rotatable bonds is 3. The van der Waals surface area contributed by atoms with Crippen LogP contribution in [0.3, 0.4) is 0 Å². The van der Waals surface area contributed by atoms with Crippen LogP contribution in [-0.4, -0.2) is 45.5 Å². The molecule has 0 saturated carbocycles. The Morgan fingerprint density at radius 2 is 2.00 bits per heavy atom. The van der Waals surface area contributed by atoms with Crippen molar-refractivity contribution in [2.45, 2.75) is 0 Å². The first-order valence-electron chi connectivity index (χ1n) is 3.49. The zero-order valence-corrected chi connectivity index (χ0v) is 7.72. The smallest absolute Gasteiger partial charge is 0.269 e. The zero-order chi connectivity index (χ0) is 10.0. The Balaban J connectivity index is 2.59. The Labute approximate surface area is 76.7 Å². The van der Waals surface area contributed by atoms with Gasteiger partial charge in [-0.3, -0.25) is 24.0 Å². The van der Waals surface area contributed by atoms with Gasteiger partial charge in [0.05, 0.1) is 0 Å². The molecule has 1 N–H and O–H groups in total. The van der Waals surface area contributed by atoms with Crippen LogP contribution in [0.1, 0.15) is 0 Å². The molecule has 1 unspecified atom stereocenters. The summed E-state index contributed by atoms with van der Waals surface area (Å²) < 4.78 is 10.7.